The highest BCUT2D eigenvalue weighted by Crippen LogP contribution is 2.22. The van der Waals surface area contributed by atoms with Gasteiger partial charge in [-0.1, -0.05) is 51.8 Å². The summed E-state index contributed by atoms with van der Waals surface area (Å²) in [7, 11) is -2.42. The van der Waals surface area contributed by atoms with Gasteiger partial charge in [-0.25, -0.2) is 13.2 Å². The van der Waals surface area contributed by atoms with Crippen molar-refractivity contribution in [2.45, 2.75) is 11.8 Å². The van der Waals surface area contributed by atoms with Crippen LogP contribution in [0.15, 0.2) is 63.5 Å². The van der Waals surface area contributed by atoms with Gasteiger partial charge >= 0.3 is 5.97 Å². The van der Waals surface area contributed by atoms with Gasteiger partial charge in [-0.15, -0.1) is 0 Å². The second-order valence-electron chi connectivity index (χ2n) is 5.25. The maximum atomic E-state index is 12.6. The van der Waals surface area contributed by atoms with Gasteiger partial charge in [-0.05, 0) is 36.8 Å². The first-order valence-corrected chi connectivity index (χ1v) is 9.61. The molecule has 0 aromatic heterocycles. The SMILES string of the molecule is COC(=O)/C(=C/c1ccccc1Br)CS(=O)(=O)c1ccc(C)cc1. The highest BCUT2D eigenvalue weighted by molar-refractivity contribution is 9.10. The van der Waals surface area contributed by atoms with E-state index >= 15 is 0 Å². The summed E-state index contributed by atoms with van der Waals surface area (Å²) < 4.78 is 30.7. The molecule has 0 aliphatic heterocycles. The van der Waals surface area contributed by atoms with Crippen LogP contribution in [0.3, 0.4) is 0 Å². The fourth-order valence-electron chi connectivity index (χ4n) is 2.10. The minimum atomic E-state index is -3.65. The van der Waals surface area contributed by atoms with Gasteiger partial charge in [-0.3, -0.25) is 0 Å². The summed E-state index contributed by atoms with van der Waals surface area (Å²) in [5.41, 5.74) is 1.74. The molecule has 0 radical (unpaired) electrons. The largest absolute Gasteiger partial charge is 0.466 e. The summed E-state index contributed by atoms with van der Waals surface area (Å²) >= 11 is 3.38. The molecule has 6 heteroatoms. The Balaban J connectivity index is 2.41. The van der Waals surface area contributed by atoms with Crippen molar-refractivity contribution in [3.8, 4) is 0 Å². The molecule has 0 aliphatic rings. The number of halogens is 1. The maximum absolute atomic E-state index is 12.6. The van der Waals surface area contributed by atoms with Crippen molar-refractivity contribution >= 4 is 37.8 Å². The highest BCUT2D eigenvalue weighted by atomic mass is 79.9. The van der Waals surface area contributed by atoms with Crippen molar-refractivity contribution in [1.82, 2.24) is 0 Å². The van der Waals surface area contributed by atoms with Crippen LogP contribution >= 0.6 is 15.9 Å². The number of rotatable bonds is 5. The van der Waals surface area contributed by atoms with Crippen LogP contribution in [0.5, 0.6) is 0 Å². The van der Waals surface area contributed by atoms with Gasteiger partial charge in [0.2, 0.25) is 0 Å². The van der Waals surface area contributed by atoms with Crippen molar-refractivity contribution in [1.29, 1.82) is 0 Å². The van der Waals surface area contributed by atoms with E-state index in [1.54, 1.807) is 24.3 Å². The molecule has 0 saturated heterocycles. The Labute approximate surface area is 150 Å². The van der Waals surface area contributed by atoms with Crippen LogP contribution in [-0.4, -0.2) is 27.2 Å². The number of esters is 1. The first-order chi connectivity index (χ1) is 11.3. The van der Waals surface area contributed by atoms with Crippen molar-refractivity contribution in [2.24, 2.45) is 0 Å². The molecule has 2 aromatic carbocycles. The van der Waals surface area contributed by atoms with Gasteiger partial charge in [0, 0.05) is 4.47 Å². The highest BCUT2D eigenvalue weighted by Gasteiger charge is 2.22. The Hall–Kier alpha value is -1.92. The third-order valence-corrected chi connectivity index (χ3v) is 5.81. The quantitative estimate of drug-likeness (QED) is 0.557. The van der Waals surface area contributed by atoms with Crippen molar-refractivity contribution in [3.05, 3.63) is 69.7 Å². The second kappa shape index (κ2) is 7.77. The summed E-state index contributed by atoms with van der Waals surface area (Å²) in [5.74, 6) is -1.09. The predicted octanol–water partition coefficient (Wildman–Crippen LogP) is 3.79. The van der Waals surface area contributed by atoms with Crippen molar-refractivity contribution < 1.29 is 17.9 Å². The lowest BCUT2D eigenvalue weighted by atomic mass is 10.1. The number of aryl methyl sites for hydroxylation is 1. The molecule has 0 atom stereocenters. The van der Waals surface area contributed by atoms with Crippen LogP contribution < -0.4 is 0 Å². The van der Waals surface area contributed by atoms with Gasteiger partial charge in [0.1, 0.15) is 0 Å². The average molecular weight is 409 g/mol. The van der Waals surface area contributed by atoms with E-state index in [1.165, 1.54) is 25.3 Å². The van der Waals surface area contributed by atoms with E-state index in [4.69, 9.17) is 4.74 Å². The third kappa shape index (κ3) is 4.55. The number of hydrogen-bond donors (Lipinski definition) is 0. The molecule has 0 heterocycles. The minimum Gasteiger partial charge on any atom is -0.466 e. The van der Waals surface area contributed by atoms with Crippen LogP contribution in [0.4, 0.5) is 0 Å². The van der Waals surface area contributed by atoms with Gasteiger partial charge < -0.3 is 4.74 Å². The number of benzene rings is 2. The van der Waals surface area contributed by atoms with E-state index < -0.39 is 21.6 Å². The average Bonchev–Trinajstić information content (AvgIpc) is 2.55. The molecule has 0 aliphatic carbocycles. The molecule has 0 bridgehead atoms. The summed E-state index contributed by atoms with van der Waals surface area (Å²) in [6, 6.07) is 13.8. The number of sulfone groups is 1. The Bertz CT molecular complexity index is 868. The number of carbonyl (C=O) groups excluding carboxylic acids is 1. The monoisotopic (exact) mass is 408 g/mol. The Morgan fingerprint density at radius 2 is 1.75 bits per heavy atom. The third-order valence-electron chi connectivity index (χ3n) is 3.41. The lowest BCUT2D eigenvalue weighted by molar-refractivity contribution is -0.135. The molecule has 0 unspecified atom stereocenters. The lowest BCUT2D eigenvalue weighted by Crippen LogP contribution is -2.16. The standard InChI is InChI=1S/C18H17BrO4S/c1-13-7-9-16(10-8-13)24(21,22)12-15(18(20)23-2)11-14-5-3-4-6-17(14)19/h3-11H,12H2,1-2H3/b15-11+. The molecular weight excluding hydrogens is 392 g/mol. The zero-order valence-corrected chi connectivity index (χ0v) is 15.7. The fourth-order valence-corrected chi connectivity index (χ4v) is 3.83. The van der Waals surface area contributed by atoms with Crippen LogP contribution in [0.1, 0.15) is 11.1 Å². The molecule has 126 valence electrons. The van der Waals surface area contributed by atoms with E-state index in [0.29, 0.717) is 5.56 Å². The molecule has 2 rings (SSSR count). The predicted molar refractivity (Wildman–Crippen MR) is 97.4 cm³/mol. The normalized spacial score (nSPS) is 12.0. The molecule has 24 heavy (non-hydrogen) atoms. The Morgan fingerprint density at radius 1 is 1.12 bits per heavy atom. The zero-order valence-electron chi connectivity index (χ0n) is 13.3. The molecular formula is C18H17BrO4S. The van der Waals surface area contributed by atoms with E-state index in [9.17, 15) is 13.2 Å². The van der Waals surface area contributed by atoms with E-state index in [2.05, 4.69) is 15.9 Å². The maximum Gasteiger partial charge on any atom is 0.334 e. The number of carbonyl (C=O) groups is 1. The molecule has 4 nitrogen and oxygen atoms in total. The zero-order chi connectivity index (χ0) is 17.7. The van der Waals surface area contributed by atoms with Crippen LogP contribution in [-0.2, 0) is 19.4 Å². The van der Waals surface area contributed by atoms with Gasteiger partial charge in [0.15, 0.2) is 9.84 Å². The fraction of sp³-hybridized carbons (Fsp3) is 0.167. The first-order valence-electron chi connectivity index (χ1n) is 7.16. The van der Waals surface area contributed by atoms with E-state index in [1.807, 2.05) is 19.1 Å². The second-order valence-corrected chi connectivity index (χ2v) is 8.10. The van der Waals surface area contributed by atoms with Gasteiger partial charge in [0.25, 0.3) is 0 Å². The van der Waals surface area contributed by atoms with Crippen LogP contribution in [0, 0.1) is 6.92 Å². The summed E-state index contributed by atoms with van der Waals surface area (Å²) in [6.07, 6.45) is 1.53. The smallest absolute Gasteiger partial charge is 0.334 e. The number of hydrogen-bond acceptors (Lipinski definition) is 4. The van der Waals surface area contributed by atoms with Crippen LogP contribution in [0.25, 0.3) is 6.08 Å². The van der Waals surface area contributed by atoms with Crippen molar-refractivity contribution in [2.75, 3.05) is 12.9 Å². The summed E-state index contributed by atoms with van der Waals surface area (Å²) in [6.45, 7) is 1.88. The summed E-state index contributed by atoms with van der Waals surface area (Å²) in [5, 5.41) is 0. The molecule has 0 N–H and O–H groups in total. The molecule has 0 amide bonds. The molecule has 0 fully saturated rings. The van der Waals surface area contributed by atoms with Gasteiger partial charge in [-0.2, -0.15) is 0 Å². The van der Waals surface area contributed by atoms with E-state index in [-0.39, 0.29) is 10.5 Å². The van der Waals surface area contributed by atoms with Gasteiger partial charge in [0.05, 0.1) is 23.3 Å². The van der Waals surface area contributed by atoms with Crippen LogP contribution in [0.2, 0.25) is 0 Å². The lowest BCUT2D eigenvalue weighted by Gasteiger charge is -2.09. The minimum absolute atomic E-state index is 0.0741. The van der Waals surface area contributed by atoms with Crippen molar-refractivity contribution in [3.63, 3.8) is 0 Å². The van der Waals surface area contributed by atoms with E-state index in [0.717, 1.165) is 10.0 Å². The molecule has 0 spiro atoms. The Morgan fingerprint density at radius 3 is 2.33 bits per heavy atom. The number of ether oxygens (including phenoxy) is 1. The molecule has 2 aromatic rings. The Kier molecular flexibility index (Phi) is 5.96. The summed E-state index contributed by atoms with van der Waals surface area (Å²) in [4.78, 5) is 12.2. The topological polar surface area (TPSA) is 60.4 Å². The number of methoxy groups -OCH3 is 1. The molecule has 0 saturated carbocycles. The first kappa shape index (κ1) is 18.4.